The predicted molar refractivity (Wildman–Crippen MR) is 88.7 cm³/mol. The zero-order valence-corrected chi connectivity index (χ0v) is 14.6. The summed E-state index contributed by atoms with van der Waals surface area (Å²) in [5.41, 5.74) is 1.38. The van der Waals surface area contributed by atoms with Crippen molar-refractivity contribution in [1.82, 2.24) is 14.6 Å². The van der Waals surface area contributed by atoms with Crippen LogP contribution in [0.15, 0.2) is 18.2 Å². The third kappa shape index (κ3) is 4.22. The molecule has 0 bridgehead atoms. The topological polar surface area (TPSA) is 71.5 Å². The van der Waals surface area contributed by atoms with Gasteiger partial charge in [-0.05, 0) is 50.3 Å². The summed E-state index contributed by atoms with van der Waals surface area (Å²) in [6.07, 6.45) is 5.47. The standard InChI is InChI=1S/C16H25N3O3S/c1-22-15-5-3-4-13(17-15)12-19-8-6-16(7-9-19)10-14(11-16)18-23(2,20)21/h3-5,14,18H,6-12H2,1-2H3. The van der Waals surface area contributed by atoms with Crippen LogP contribution < -0.4 is 9.46 Å². The Hall–Kier alpha value is -1.18. The molecule has 3 rings (SSSR count). The van der Waals surface area contributed by atoms with Gasteiger partial charge in [-0.15, -0.1) is 0 Å². The Bertz CT molecular complexity index is 646. The summed E-state index contributed by atoms with van der Waals surface area (Å²) in [6.45, 7) is 2.94. The Morgan fingerprint density at radius 1 is 1.35 bits per heavy atom. The summed E-state index contributed by atoms with van der Waals surface area (Å²) in [5.74, 6) is 0.657. The third-order valence-corrected chi connectivity index (χ3v) is 5.79. The average Bonchev–Trinajstić information content (AvgIpc) is 2.46. The fourth-order valence-electron chi connectivity index (χ4n) is 3.85. The Morgan fingerprint density at radius 2 is 2.04 bits per heavy atom. The normalized spacial score (nSPS) is 22.0. The molecule has 2 fully saturated rings. The Balaban J connectivity index is 1.48. The van der Waals surface area contributed by atoms with Crippen LogP contribution in [0.25, 0.3) is 0 Å². The molecule has 1 aliphatic heterocycles. The van der Waals surface area contributed by atoms with Crippen molar-refractivity contribution in [1.29, 1.82) is 0 Å². The second kappa shape index (κ2) is 6.37. The number of hydrogen-bond acceptors (Lipinski definition) is 5. The van der Waals surface area contributed by atoms with Crippen LogP contribution in [0.3, 0.4) is 0 Å². The van der Waals surface area contributed by atoms with E-state index < -0.39 is 10.0 Å². The number of methoxy groups -OCH3 is 1. The average molecular weight is 339 g/mol. The number of nitrogens with zero attached hydrogens (tertiary/aromatic N) is 2. The summed E-state index contributed by atoms with van der Waals surface area (Å²) in [4.78, 5) is 6.89. The highest BCUT2D eigenvalue weighted by atomic mass is 32.2. The summed E-state index contributed by atoms with van der Waals surface area (Å²) < 4.78 is 30.4. The van der Waals surface area contributed by atoms with Gasteiger partial charge in [-0.25, -0.2) is 18.1 Å². The van der Waals surface area contributed by atoms with Gasteiger partial charge in [0, 0.05) is 18.7 Å². The Kier molecular flexibility index (Phi) is 4.62. The number of piperidine rings is 1. The van der Waals surface area contributed by atoms with E-state index in [4.69, 9.17) is 4.74 Å². The molecule has 0 amide bonds. The van der Waals surface area contributed by atoms with Gasteiger partial charge in [0.2, 0.25) is 15.9 Å². The van der Waals surface area contributed by atoms with E-state index in [1.165, 1.54) is 6.26 Å². The molecule has 1 aliphatic carbocycles. The first-order valence-corrected chi connectivity index (χ1v) is 9.96. The van der Waals surface area contributed by atoms with E-state index in [0.29, 0.717) is 11.3 Å². The minimum absolute atomic E-state index is 0.136. The lowest BCUT2D eigenvalue weighted by Gasteiger charge is -2.52. The molecule has 6 nitrogen and oxygen atoms in total. The second-order valence-corrected chi connectivity index (χ2v) is 8.72. The van der Waals surface area contributed by atoms with Crippen LogP contribution in [-0.2, 0) is 16.6 Å². The van der Waals surface area contributed by atoms with Gasteiger partial charge in [-0.1, -0.05) is 6.07 Å². The van der Waals surface area contributed by atoms with Crippen LogP contribution >= 0.6 is 0 Å². The third-order valence-electron chi connectivity index (χ3n) is 5.03. The lowest BCUT2D eigenvalue weighted by molar-refractivity contribution is 0.0103. The van der Waals surface area contributed by atoms with Crippen molar-refractivity contribution >= 4 is 10.0 Å². The summed E-state index contributed by atoms with van der Waals surface area (Å²) in [6, 6.07) is 6.00. The minimum Gasteiger partial charge on any atom is -0.481 e. The monoisotopic (exact) mass is 339 g/mol. The number of pyridine rings is 1. The van der Waals surface area contributed by atoms with Gasteiger partial charge in [0.15, 0.2) is 0 Å². The van der Waals surface area contributed by atoms with E-state index in [-0.39, 0.29) is 6.04 Å². The van der Waals surface area contributed by atoms with E-state index in [1.54, 1.807) is 7.11 Å². The lowest BCUT2D eigenvalue weighted by Crippen LogP contribution is -2.54. The van der Waals surface area contributed by atoms with Gasteiger partial charge in [-0.3, -0.25) is 4.90 Å². The molecule has 0 radical (unpaired) electrons. The lowest BCUT2D eigenvalue weighted by atomic mass is 9.60. The molecule has 1 spiro atoms. The van der Waals surface area contributed by atoms with Crippen LogP contribution in [-0.4, -0.2) is 50.8 Å². The molecule has 1 aromatic heterocycles. The zero-order chi connectivity index (χ0) is 16.5. The largest absolute Gasteiger partial charge is 0.481 e. The van der Waals surface area contributed by atoms with Gasteiger partial charge in [-0.2, -0.15) is 0 Å². The van der Waals surface area contributed by atoms with Crippen molar-refractivity contribution in [3.8, 4) is 5.88 Å². The van der Waals surface area contributed by atoms with Crippen LogP contribution in [0.4, 0.5) is 0 Å². The van der Waals surface area contributed by atoms with Crippen molar-refractivity contribution in [2.24, 2.45) is 5.41 Å². The predicted octanol–water partition coefficient (Wildman–Crippen LogP) is 1.38. The molecule has 0 aromatic carbocycles. The molecule has 1 N–H and O–H groups in total. The first-order valence-electron chi connectivity index (χ1n) is 8.07. The number of nitrogens with one attached hydrogen (secondary N) is 1. The summed E-state index contributed by atoms with van der Waals surface area (Å²) in [7, 11) is -1.44. The highest BCUT2D eigenvalue weighted by Crippen LogP contribution is 2.49. The van der Waals surface area contributed by atoms with Gasteiger partial charge < -0.3 is 4.74 Å². The number of ether oxygens (including phenoxy) is 1. The molecule has 1 saturated carbocycles. The Morgan fingerprint density at radius 3 is 2.65 bits per heavy atom. The number of sulfonamides is 1. The number of aromatic nitrogens is 1. The molecule has 0 unspecified atom stereocenters. The first-order chi connectivity index (χ1) is 10.9. The SMILES string of the molecule is COc1cccc(CN2CCC3(CC2)CC(NS(C)(=O)=O)C3)n1. The maximum atomic E-state index is 11.3. The van der Waals surface area contributed by atoms with Gasteiger partial charge >= 0.3 is 0 Å². The minimum atomic E-state index is -3.08. The van der Waals surface area contributed by atoms with Crippen LogP contribution in [0.2, 0.25) is 0 Å². The van der Waals surface area contributed by atoms with E-state index in [0.717, 1.165) is 51.0 Å². The molecular weight excluding hydrogens is 314 g/mol. The smallest absolute Gasteiger partial charge is 0.213 e. The van der Waals surface area contributed by atoms with E-state index in [2.05, 4.69) is 14.6 Å². The number of rotatable bonds is 5. The van der Waals surface area contributed by atoms with Crippen molar-refractivity contribution in [3.05, 3.63) is 23.9 Å². The number of hydrogen-bond donors (Lipinski definition) is 1. The van der Waals surface area contributed by atoms with Crippen molar-refractivity contribution in [3.63, 3.8) is 0 Å². The molecule has 1 saturated heterocycles. The molecule has 2 heterocycles. The quantitative estimate of drug-likeness (QED) is 0.878. The number of likely N-dealkylation sites (tertiary alicyclic amines) is 1. The molecule has 23 heavy (non-hydrogen) atoms. The van der Waals surface area contributed by atoms with Crippen molar-refractivity contribution < 1.29 is 13.2 Å². The maximum Gasteiger partial charge on any atom is 0.213 e. The maximum absolute atomic E-state index is 11.3. The molecular formula is C16H25N3O3S. The first kappa shape index (κ1) is 16.7. The van der Waals surface area contributed by atoms with Crippen molar-refractivity contribution in [2.45, 2.75) is 38.3 Å². The van der Waals surface area contributed by atoms with Crippen molar-refractivity contribution in [2.75, 3.05) is 26.5 Å². The van der Waals surface area contributed by atoms with Gasteiger partial charge in [0.25, 0.3) is 0 Å². The molecule has 7 heteroatoms. The van der Waals surface area contributed by atoms with Gasteiger partial charge in [0.05, 0.1) is 19.1 Å². The van der Waals surface area contributed by atoms with Crippen LogP contribution in [0.5, 0.6) is 5.88 Å². The molecule has 1 aromatic rings. The van der Waals surface area contributed by atoms with Crippen LogP contribution in [0.1, 0.15) is 31.4 Å². The highest BCUT2D eigenvalue weighted by molar-refractivity contribution is 7.88. The van der Waals surface area contributed by atoms with E-state index in [1.807, 2.05) is 18.2 Å². The van der Waals surface area contributed by atoms with Gasteiger partial charge in [0.1, 0.15) is 0 Å². The molecule has 0 atom stereocenters. The summed E-state index contributed by atoms with van der Waals surface area (Å²) >= 11 is 0. The second-order valence-electron chi connectivity index (χ2n) is 6.94. The Labute approximate surface area is 138 Å². The summed E-state index contributed by atoms with van der Waals surface area (Å²) in [5, 5.41) is 0. The fraction of sp³-hybridized carbons (Fsp3) is 0.688. The van der Waals surface area contributed by atoms with E-state index >= 15 is 0 Å². The zero-order valence-electron chi connectivity index (χ0n) is 13.8. The molecule has 2 aliphatic rings. The van der Waals surface area contributed by atoms with E-state index in [9.17, 15) is 8.42 Å². The van der Waals surface area contributed by atoms with Crippen LogP contribution in [0, 0.1) is 5.41 Å². The molecule has 128 valence electrons. The highest BCUT2D eigenvalue weighted by Gasteiger charge is 2.46. The fourth-order valence-corrected chi connectivity index (χ4v) is 4.63.